The van der Waals surface area contributed by atoms with Gasteiger partial charge in [0.15, 0.2) is 0 Å². The first kappa shape index (κ1) is 19.2. The highest BCUT2D eigenvalue weighted by Gasteiger charge is 2.47. The van der Waals surface area contributed by atoms with Crippen molar-refractivity contribution in [3.63, 3.8) is 0 Å². The predicted molar refractivity (Wildman–Crippen MR) is 61.0 cm³/mol. The van der Waals surface area contributed by atoms with E-state index in [1.165, 1.54) is 12.1 Å². The smallest absolute Gasteiger partial charge is 0.258 e. The van der Waals surface area contributed by atoms with Crippen LogP contribution in [0.2, 0.25) is 0 Å². The first-order chi connectivity index (χ1) is 8.95. The number of halogens is 7. The zero-order valence-electron chi connectivity index (χ0n) is 9.37. The molecular weight excluding hydrogens is 382 g/mol. The van der Waals surface area contributed by atoms with E-state index in [1.54, 1.807) is 12.1 Å². The highest BCUT2D eigenvalue weighted by molar-refractivity contribution is 9.10. The van der Waals surface area contributed by atoms with Crippen molar-refractivity contribution < 1.29 is 38.9 Å². The molecule has 0 aliphatic rings. The summed E-state index contributed by atoms with van der Waals surface area (Å²) in [6.45, 7) is -4.31. The van der Waals surface area contributed by atoms with Crippen molar-refractivity contribution >= 4 is 26.0 Å². The molecule has 0 bridgehead atoms. The summed E-state index contributed by atoms with van der Waals surface area (Å²) in [6.07, 6.45) is 0. The third kappa shape index (κ3) is 7.70. The minimum atomic E-state index is -5.52. The maximum Gasteiger partial charge on any atom is 0.523 e. The molecule has 0 atom stereocenters. The second-order valence-electron chi connectivity index (χ2n) is 3.04. The number of hydrogen-bond donors (Lipinski definition) is 0. The van der Waals surface area contributed by atoms with Gasteiger partial charge in [-0.25, -0.2) is 0 Å². The van der Waals surface area contributed by atoms with Gasteiger partial charge in [0.25, 0.3) is 0 Å². The van der Waals surface area contributed by atoms with E-state index in [1.807, 2.05) is 0 Å². The van der Waals surface area contributed by atoms with Crippen LogP contribution in [0.5, 0.6) is 0 Å². The van der Waals surface area contributed by atoms with Crippen LogP contribution < -0.4 is 0 Å². The summed E-state index contributed by atoms with van der Waals surface area (Å²) >= 11 is 3.13. The largest absolute Gasteiger partial charge is 0.523 e. The molecule has 0 radical (unpaired) electrons. The van der Waals surface area contributed by atoms with Crippen LogP contribution in [0.4, 0.5) is 26.3 Å². The van der Waals surface area contributed by atoms with Gasteiger partial charge in [0.2, 0.25) is 0 Å². The molecule has 1 rings (SSSR count). The average Bonchev–Trinajstić information content (AvgIpc) is 2.26. The molecule has 116 valence electrons. The maximum atomic E-state index is 11.9. The second kappa shape index (κ2) is 7.84. The molecule has 0 aliphatic carbocycles. The van der Waals surface area contributed by atoms with Crippen LogP contribution in [0.1, 0.15) is 5.56 Å². The zero-order chi connectivity index (χ0) is 16.0. The Hall–Kier alpha value is -0.810. The van der Waals surface area contributed by atoms with Gasteiger partial charge in [0.1, 0.15) is 0 Å². The molecule has 0 N–H and O–H groups in total. The van der Waals surface area contributed by atoms with Crippen LogP contribution >= 0.6 is 15.9 Å². The normalized spacial score (nSPS) is 12.0. The van der Waals surface area contributed by atoms with Gasteiger partial charge in [0.05, 0.1) is 6.61 Å². The summed E-state index contributed by atoms with van der Waals surface area (Å²) in [5, 5.41) is 0. The molecule has 0 aromatic heterocycles. The molecule has 20 heavy (non-hydrogen) atoms. The molecule has 1 aromatic carbocycles. The summed E-state index contributed by atoms with van der Waals surface area (Å²) in [6, 6.07) is 6.05. The van der Waals surface area contributed by atoms with Gasteiger partial charge in [-0.1, -0.05) is 28.1 Å². The van der Waals surface area contributed by atoms with Crippen molar-refractivity contribution in [1.29, 1.82) is 0 Å². The fraction of sp³-hybridized carbons (Fsp3) is 0.333. The van der Waals surface area contributed by atoms with Crippen LogP contribution in [-0.2, 0) is 20.9 Å². The Balaban J connectivity index is 0.000000796. The standard InChI is InChI=1S/C8H6BrF3O3S.CHF3/c9-7-3-1-6(2-4-7)5-15-16(13,14)8(10,11)12;2-1(3)4/h1-4H,5H2;1H. The summed E-state index contributed by atoms with van der Waals surface area (Å²) in [5.74, 6) is 0. The van der Waals surface area contributed by atoms with E-state index >= 15 is 0 Å². The second-order valence-corrected chi connectivity index (χ2v) is 5.56. The van der Waals surface area contributed by atoms with Crippen molar-refractivity contribution in [2.75, 3.05) is 0 Å². The van der Waals surface area contributed by atoms with Gasteiger partial charge in [-0.05, 0) is 17.7 Å². The lowest BCUT2D eigenvalue weighted by Crippen LogP contribution is -2.25. The summed E-state index contributed by atoms with van der Waals surface area (Å²) in [5.41, 5.74) is -5.06. The molecule has 0 amide bonds. The van der Waals surface area contributed by atoms with E-state index in [0.717, 1.165) is 4.47 Å². The monoisotopic (exact) mass is 388 g/mol. The van der Waals surface area contributed by atoms with Gasteiger partial charge < -0.3 is 0 Å². The summed E-state index contributed by atoms with van der Waals surface area (Å²) in [4.78, 5) is 0. The van der Waals surface area contributed by atoms with Crippen LogP contribution in [0.25, 0.3) is 0 Å². The van der Waals surface area contributed by atoms with Gasteiger partial charge >= 0.3 is 22.3 Å². The van der Waals surface area contributed by atoms with Crippen LogP contribution in [0.15, 0.2) is 28.7 Å². The maximum absolute atomic E-state index is 11.9. The molecule has 0 unspecified atom stereocenters. The van der Waals surface area contributed by atoms with Gasteiger partial charge in [-0.15, -0.1) is 0 Å². The molecule has 11 heteroatoms. The lowest BCUT2D eigenvalue weighted by atomic mass is 10.2. The number of alkyl halides is 6. The molecule has 0 saturated heterocycles. The Kier molecular flexibility index (Phi) is 7.52. The molecule has 0 spiro atoms. The highest BCUT2D eigenvalue weighted by atomic mass is 79.9. The van der Waals surface area contributed by atoms with Crippen molar-refractivity contribution in [2.24, 2.45) is 0 Å². The lowest BCUT2D eigenvalue weighted by molar-refractivity contribution is -0.0547. The minimum absolute atomic E-state index is 0.330. The lowest BCUT2D eigenvalue weighted by Gasteiger charge is -2.08. The van der Waals surface area contributed by atoms with Crippen molar-refractivity contribution in [3.8, 4) is 0 Å². The topological polar surface area (TPSA) is 43.4 Å². The van der Waals surface area contributed by atoms with Crippen LogP contribution in [-0.4, -0.2) is 20.6 Å². The van der Waals surface area contributed by atoms with Gasteiger partial charge in [-0.2, -0.15) is 34.8 Å². The Morgan fingerprint density at radius 1 is 1.10 bits per heavy atom. The number of hydrogen-bond acceptors (Lipinski definition) is 3. The molecule has 0 heterocycles. The quantitative estimate of drug-likeness (QED) is 0.446. The van der Waals surface area contributed by atoms with Crippen molar-refractivity contribution in [1.82, 2.24) is 0 Å². The molecule has 0 aliphatic heterocycles. The molecule has 0 fully saturated rings. The van der Waals surface area contributed by atoms with Crippen LogP contribution in [0.3, 0.4) is 0 Å². The third-order valence-electron chi connectivity index (χ3n) is 1.58. The number of benzene rings is 1. The molecule has 3 nitrogen and oxygen atoms in total. The van der Waals surface area contributed by atoms with E-state index in [-0.39, 0.29) is 0 Å². The predicted octanol–water partition coefficient (Wildman–Crippen LogP) is 3.99. The Morgan fingerprint density at radius 3 is 1.85 bits per heavy atom. The Morgan fingerprint density at radius 2 is 1.50 bits per heavy atom. The first-order valence-electron chi connectivity index (χ1n) is 4.58. The van der Waals surface area contributed by atoms with E-state index < -0.39 is 28.9 Å². The van der Waals surface area contributed by atoms with Crippen molar-refractivity contribution in [2.45, 2.75) is 18.8 Å². The molecule has 0 saturated carbocycles. The SMILES string of the molecule is FC(F)F.O=S(=O)(OCc1ccc(Br)cc1)C(F)(F)F. The van der Waals surface area contributed by atoms with Gasteiger partial charge in [-0.3, -0.25) is 4.18 Å². The summed E-state index contributed by atoms with van der Waals surface area (Å²) < 4.78 is 90.3. The highest BCUT2D eigenvalue weighted by Crippen LogP contribution is 2.25. The zero-order valence-corrected chi connectivity index (χ0v) is 11.8. The van der Waals surface area contributed by atoms with E-state index in [4.69, 9.17) is 0 Å². The van der Waals surface area contributed by atoms with E-state index in [0.29, 0.717) is 5.56 Å². The van der Waals surface area contributed by atoms with Gasteiger partial charge in [0, 0.05) is 4.47 Å². The number of rotatable bonds is 3. The Bertz CT molecular complexity index is 497. The fourth-order valence-corrected chi connectivity index (χ4v) is 1.48. The van der Waals surface area contributed by atoms with E-state index in [2.05, 4.69) is 20.1 Å². The molecule has 1 aromatic rings. The average molecular weight is 389 g/mol. The first-order valence-corrected chi connectivity index (χ1v) is 6.78. The molecular formula is C9H7BrF6O3S. The van der Waals surface area contributed by atoms with Crippen LogP contribution in [0, 0.1) is 0 Å². The third-order valence-corrected chi connectivity index (χ3v) is 3.10. The Labute approximate surface area is 118 Å². The summed E-state index contributed by atoms with van der Waals surface area (Å²) in [7, 11) is -5.52. The van der Waals surface area contributed by atoms with E-state index in [9.17, 15) is 34.8 Å². The minimum Gasteiger partial charge on any atom is -0.258 e. The fourth-order valence-electron chi connectivity index (χ4n) is 0.793. The van der Waals surface area contributed by atoms with Crippen molar-refractivity contribution in [3.05, 3.63) is 34.3 Å².